The Morgan fingerprint density at radius 3 is 0.580 bits per heavy atom. The Hall–Kier alpha value is -18.2. The van der Waals surface area contributed by atoms with E-state index >= 15 is 0 Å². The first-order valence-corrected chi connectivity index (χ1v) is 38.1. The first kappa shape index (κ1) is 81.2. The Balaban J connectivity index is 0.000000116. The number of nitrogens with zero attached hydrogens (tertiary/aromatic N) is 36. The molecule has 0 atom stereocenters. The number of rotatable bonds is 0. The van der Waals surface area contributed by atoms with Gasteiger partial charge in [-0.3, -0.25) is 59.8 Å². The van der Waals surface area contributed by atoms with Crippen LogP contribution in [0.3, 0.4) is 0 Å². The van der Waals surface area contributed by atoms with Gasteiger partial charge in [-0.05, 0) is 94.3 Å². The largest absolute Gasteiger partial charge is 2.00 e. The molecule has 3 radical (unpaired) electrons. The Bertz CT molecular complexity index is 7170. The van der Waals surface area contributed by atoms with Crippen molar-refractivity contribution in [2.24, 2.45) is 0 Å². The van der Waals surface area contributed by atoms with E-state index in [0.29, 0.717) is 138 Å². The third-order valence-corrected chi connectivity index (χ3v) is 20.8. The zero-order chi connectivity index (χ0) is 85.8. The number of nitrogens with one attached hydrogen (secondary N) is 2. The van der Waals surface area contributed by atoms with E-state index in [1.807, 2.05) is 72.8 Å². The molecule has 6 aliphatic heterocycles. The Morgan fingerprint density at radius 2 is 0.359 bits per heavy atom. The third-order valence-electron chi connectivity index (χ3n) is 20.8. The van der Waals surface area contributed by atoms with Gasteiger partial charge in [-0.2, -0.15) is 0 Å². The van der Waals surface area contributed by atoms with Gasteiger partial charge < -0.3 is 80.2 Å². The molecular weight excluding hydrogens is 1810 g/mol. The van der Waals surface area contributed by atoms with Crippen molar-refractivity contribution in [2.45, 2.75) is 0 Å². The molecular formula is C84H40Co3N38O6. The van der Waals surface area contributed by atoms with Crippen LogP contribution in [0.2, 0.25) is 0 Å². The predicted octanol–water partition coefficient (Wildman–Crippen LogP) is 11.2. The van der Waals surface area contributed by atoms with Gasteiger partial charge in [0.2, 0.25) is 0 Å². The molecule has 0 spiro atoms. The normalized spacial score (nSPS) is 11.4. The van der Waals surface area contributed by atoms with Gasteiger partial charge in [0.1, 0.15) is 22.6 Å². The minimum atomic E-state index is -1.50. The molecule has 21 aromatic heterocycles. The molecule has 0 amide bonds. The number of H-pyrrole nitrogens is 2. The molecule has 0 saturated heterocycles. The van der Waals surface area contributed by atoms with Crippen molar-refractivity contribution in [3.8, 4) is 137 Å². The van der Waals surface area contributed by atoms with Gasteiger partial charge in [-0.25, -0.2) is 49.8 Å². The molecule has 27 rings (SSSR count). The van der Waals surface area contributed by atoms with Crippen LogP contribution in [0.4, 0.5) is 0 Å². The van der Waals surface area contributed by atoms with Crippen LogP contribution in [-0.2, 0) is 50.3 Å². The van der Waals surface area contributed by atoms with Gasteiger partial charge in [0.15, 0.2) is 23.3 Å². The molecule has 47 heteroatoms. The molecule has 6 aliphatic rings. The maximum atomic E-state index is 8.36. The van der Waals surface area contributed by atoms with Crippen molar-refractivity contribution >= 4 is 132 Å². The number of pyridine rings is 12. The summed E-state index contributed by atoms with van der Waals surface area (Å²) in [6.45, 7) is 0. The van der Waals surface area contributed by atoms with Crippen molar-refractivity contribution in [2.75, 3.05) is 0 Å². The maximum absolute atomic E-state index is 8.36. The van der Waals surface area contributed by atoms with E-state index in [1.165, 1.54) is 0 Å². The molecule has 27 heterocycles. The fraction of sp³-hybridized carbons (Fsp3) is 0. The monoisotopic (exact) mass is 1850 g/mol. The number of hydrogen-bond acceptors (Lipinski definition) is 34. The van der Waals surface area contributed by atoms with Gasteiger partial charge in [0.25, 0.3) is 10.2 Å². The molecule has 131 heavy (non-hydrogen) atoms. The van der Waals surface area contributed by atoms with Gasteiger partial charge in [-0.15, -0.1) is 20.2 Å². The zero-order valence-corrected chi connectivity index (χ0v) is 68.5. The van der Waals surface area contributed by atoms with Crippen LogP contribution in [0.25, 0.3) is 269 Å². The van der Waals surface area contributed by atoms with Crippen molar-refractivity contribution < 1.29 is 70.9 Å². The maximum Gasteiger partial charge on any atom is 2.00 e. The van der Waals surface area contributed by atoms with Gasteiger partial charge in [-0.1, -0.05) is 0 Å². The Kier molecular flexibility index (Phi) is 20.5. The fourth-order valence-corrected chi connectivity index (χ4v) is 15.2. The first-order valence-electron chi connectivity index (χ1n) is 38.1. The summed E-state index contributed by atoms with van der Waals surface area (Å²) < 4.78 is 0. The second-order valence-corrected chi connectivity index (χ2v) is 28.1. The number of fused-ring (bicyclic) bond motifs is 60. The number of hydrogen-bond donors (Lipinski definition) is 4. The van der Waals surface area contributed by atoms with Crippen molar-refractivity contribution in [1.29, 1.82) is 0 Å². The average molecular weight is 1850 g/mol. The van der Waals surface area contributed by atoms with Crippen LogP contribution in [0, 0.1) is 20.2 Å². The summed E-state index contributed by atoms with van der Waals surface area (Å²) in [5.41, 5.74) is 15.3. The fourth-order valence-electron chi connectivity index (χ4n) is 15.2. The van der Waals surface area contributed by atoms with E-state index in [2.05, 4.69) is 69.8 Å². The summed E-state index contributed by atoms with van der Waals surface area (Å²) >= 11 is 0. The molecule has 4 N–H and O–H groups in total. The molecule has 24 bridgehead atoms. The predicted molar refractivity (Wildman–Crippen MR) is 455 cm³/mol. The minimum Gasteiger partial charge on any atom is -0.357 e. The van der Waals surface area contributed by atoms with Gasteiger partial charge in [0.05, 0.1) is 46.6 Å². The smallest absolute Gasteiger partial charge is 0.357 e. The van der Waals surface area contributed by atoms with E-state index in [-0.39, 0.29) is 50.3 Å². The summed E-state index contributed by atoms with van der Waals surface area (Å²) in [6.07, 6.45) is 41.3. The van der Waals surface area contributed by atoms with Crippen molar-refractivity contribution in [3.05, 3.63) is 242 Å². The Labute approximate surface area is 756 Å². The van der Waals surface area contributed by atoms with Crippen LogP contribution >= 0.6 is 0 Å². The first-order chi connectivity index (χ1) is 62.9. The van der Waals surface area contributed by atoms with E-state index in [9.17, 15) is 0 Å². The summed E-state index contributed by atoms with van der Waals surface area (Å²) in [4.78, 5) is 182. The zero-order valence-electron chi connectivity index (χ0n) is 65.4. The van der Waals surface area contributed by atoms with Crippen LogP contribution in [0.15, 0.2) is 222 Å². The average Bonchev–Trinajstić information content (AvgIpc) is 1.61. The van der Waals surface area contributed by atoms with E-state index in [4.69, 9.17) is 140 Å². The standard InChI is InChI=1S/C28H14N12.2C28H12N12.3Co.2HNO3/c3*1-5-29-9-17-13(1)21-33-22-14-2-6-31-11-19(14)27(35-22)40-28-20-12-32-8-4-16(20)24(39-28)38-26-18-10-30-7-3-15(18)23(37-26)36-25(17)34-21;;;;2*2-1(3)4/h1-12H,(H2,33,34,35,36,37,38,39,40);2*1-12H;;;;2*(H,2,3,4)/q;2*-2;;2*+2;;. The topological polar surface area (TPSA) is 601 Å². The van der Waals surface area contributed by atoms with Crippen LogP contribution in [0.1, 0.15) is 0 Å². The second kappa shape index (κ2) is 33.0. The minimum absolute atomic E-state index is 0. The van der Waals surface area contributed by atoms with E-state index < -0.39 is 10.2 Å². The van der Waals surface area contributed by atoms with Crippen LogP contribution in [-0.4, -0.2) is 180 Å². The summed E-state index contributed by atoms with van der Waals surface area (Å²) in [5.74, 6) is 5.62. The molecule has 0 saturated carbocycles. The SMILES string of the molecule is O=[N+]([O-])O.O=[N+]([O-])O.[Co+2].[Co+2].[Co].c1cc2c(cn1)-c1nc-2nc2[n-]c(nc3nc(nc4[n-]c(n1)c1ccncc41)-c1cnccc1-3)c1ccncc21.c1cc2c(cn1)-c1nc-2nc2[n-]c(nc3nc(nc4[n-]c(n1)c1ccncc41)-c1cnccc1-3)c1ccncc21.c1cc2c(cn1)-c1nc-2nc2[nH]c(nc3nc(nc4[nH]c(n1)c1ccncc41)-c1cnccc1-3)c1ccncc21. The Morgan fingerprint density at radius 1 is 0.206 bits per heavy atom. The molecule has 0 aliphatic carbocycles. The molecule has 44 nitrogen and oxygen atoms in total. The van der Waals surface area contributed by atoms with Crippen molar-refractivity contribution in [3.63, 3.8) is 0 Å². The summed E-state index contributed by atoms with van der Waals surface area (Å²) in [7, 11) is 0. The molecule has 629 valence electrons. The number of aromatic amines is 2. The molecule has 0 unspecified atom stereocenters. The van der Waals surface area contributed by atoms with Crippen LogP contribution in [0.5, 0.6) is 0 Å². The summed E-state index contributed by atoms with van der Waals surface area (Å²) in [6, 6.07) is 22.4. The van der Waals surface area contributed by atoms with Crippen molar-refractivity contribution in [1.82, 2.24) is 179 Å². The quantitative estimate of drug-likeness (QED) is 0.0809. The van der Waals surface area contributed by atoms with Gasteiger partial charge in [0, 0.05) is 321 Å². The molecule has 0 aromatic carbocycles. The van der Waals surface area contributed by atoms with E-state index in [0.717, 1.165) is 131 Å². The van der Waals surface area contributed by atoms with Crippen LogP contribution < -0.4 is 19.9 Å². The third kappa shape index (κ3) is 14.4. The molecule has 21 aromatic rings. The summed E-state index contributed by atoms with van der Waals surface area (Å²) in [5, 5.41) is 36.7. The van der Waals surface area contributed by atoms with Gasteiger partial charge >= 0.3 is 33.6 Å². The van der Waals surface area contributed by atoms with E-state index in [1.54, 1.807) is 149 Å². The molecule has 0 fully saturated rings. The number of aromatic nitrogens is 36. The second-order valence-electron chi connectivity index (χ2n) is 28.1.